The van der Waals surface area contributed by atoms with Crippen LogP contribution in [0.3, 0.4) is 0 Å². The van der Waals surface area contributed by atoms with Crippen LogP contribution >= 0.6 is 23.2 Å². The number of aromatic amines is 1. The summed E-state index contributed by atoms with van der Waals surface area (Å²) in [4.78, 5) is 25.1. The van der Waals surface area contributed by atoms with Crippen molar-refractivity contribution in [1.29, 1.82) is 0 Å². The number of alkyl carbamates (subject to hydrolysis) is 1. The topological polar surface area (TPSA) is 114 Å². The number of ether oxygens (including phenoxy) is 1. The second-order valence-electron chi connectivity index (χ2n) is 6.95. The first-order chi connectivity index (χ1) is 14.8. The van der Waals surface area contributed by atoms with E-state index >= 15 is 0 Å². The molecule has 1 aliphatic rings. The molecule has 0 fully saturated rings. The molecule has 2 aromatic heterocycles. The minimum Gasteiger partial charge on any atom is -0.443 e. The number of nitrogens with zero attached hydrogens (tertiary/aromatic N) is 3. The summed E-state index contributed by atoms with van der Waals surface area (Å²) in [5.41, 5.74) is 2.61. The van der Waals surface area contributed by atoms with Gasteiger partial charge in [-0.15, -0.1) is 0 Å². The maximum absolute atomic E-state index is 13.4. The highest BCUT2D eigenvalue weighted by molar-refractivity contribution is 6.31. The summed E-state index contributed by atoms with van der Waals surface area (Å²) in [6.45, 7) is -0.0294. The molecule has 2 amide bonds. The SMILES string of the molecule is Cn1c(Cl)c2c(c1C(=O)Nc1ccc(F)c(Cl)c1)CC[C@@H]2NC(=O)OCc1cn[nH]n1. The number of hydrogen-bond acceptors (Lipinski definition) is 5. The first-order valence-electron chi connectivity index (χ1n) is 9.26. The van der Waals surface area contributed by atoms with E-state index in [1.165, 1.54) is 24.4 Å². The van der Waals surface area contributed by atoms with Gasteiger partial charge in [-0.1, -0.05) is 23.2 Å². The van der Waals surface area contributed by atoms with Gasteiger partial charge in [-0.2, -0.15) is 15.4 Å². The zero-order chi connectivity index (χ0) is 22.1. The van der Waals surface area contributed by atoms with Gasteiger partial charge >= 0.3 is 6.09 Å². The van der Waals surface area contributed by atoms with Gasteiger partial charge in [0.05, 0.1) is 17.3 Å². The minimum absolute atomic E-state index is 0.0294. The van der Waals surface area contributed by atoms with E-state index in [2.05, 4.69) is 26.0 Å². The molecule has 9 nitrogen and oxygen atoms in total. The third kappa shape index (κ3) is 4.21. The molecule has 0 radical (unpaired) electrons. The van der Waals surface area contributed by atoms with Crippen LogP contribution in [-0.4, -0.2) is 32.0 Å². The zero-order valence-corrected chi connectivity index (χ0v) is 17.7. The Hall–Kier alpha value is -3.11. The van der Waals surface area contributed by atoms with Crippen molar-refractivity contribution in [3.05, 3.63) is 62.9 Å². The van der Waals surface area contributed by atoms with E-state index in [1.54, 1.807) is 11.6 Å². The van der Waals surface area contributed by atoms with Crippen molar-refractivity contribution in [2.45, 2.75) is 25.5 Å². The molecule has 0 saturated carbocycles. The van der Waals surface area contributed by atoms with E-state index < -0.39 is 23.9 Å². The highest BCUT2D eigenvalue weighted by Gasteiger charge is 2.35. The van der Waals surface area contributed by atoms with Gasteiger partial charge in [0.15, 0.2) is 0 Å². The van der Waals surface area contributed by atoms with E-state index in [4.69, 9.17) is 27.9 Å². The van der Waals surface area contributed by atoms with Crippen molar-refractivity contribution in [1.82, 2.24) is 25.3 Å². The maximum Gasteiger partial charge on any atom is 0.408 e. The number of halogens is 3. The van der Waals surface area contributed by atoms with Crippen LogP contribution in [0.15, 0.2) is 24.4 Å². The molecule has 0 saturated heterocycles. The predicted molar refractivity (Wildman–Crippen MR) is 111 cm³/mol. The van der Waals surface area contributed by atoms with E-state index in [0.717, 1.165) is 5.56 Å². The maximum atomic E-state index is 13.4. The number of fused-ring (bicyclic) bond motifs is 1. The van der Waals surface area contributed by atoms with Gasteiger partial charge in [0.25, 0.3) is 5.91 Å². The van der Waals surface area contributed by atoms with Gasteiger partial charge in [0.1, 0.15) is 29.0 Å². The molecule has 162 valence electrons. The monoisotopic (exact) mass is 466 g/mol. The van der Waals surface area contributed by atoms with Crippen LogP contribution in [0.5, 0.6) is 0 Å². The average Bonchev–Trinajstić information content (AvgIpc) is 3.44. The third-order valence-corrected chi connectivity index (χ3v) is 5.74. The van der Waals surface area contributed by atoms with Crippen LogP contribution in [0, 0.1) is 5.82 Å². The summed E-state index contributed by atoms with van der Waals surface area (Å²) >= 11 is 12.3. The van der Waals surface area contributed by atoms with Crippen molar-refractivity contribution in [3.63, 3.8) is 0 Å². The largest absolute Gasteiger partial charge is 0.443 e. The summed E-state index contributed by atoms with van der Waals surface area (Å²) in [5, 5.41) is 15.6. The number of benzene rings is 1. The number of carbonyl (C=O) groups is 2. The lowest BCUT2D eigenvalue weighted by Gasteiger charge is -2.14. The average molecular weight is 467 g/mol. The number of hydrogen-bond donors (Lipinski definition) is 3. The lowest BCUT2D eigenvalue weighted by Crippen LogP contribution is -2.28. The minimum atomic E-state index is -0.632. The Balaban J connectivity index is 1.49. The van der Waals surface area contributed by atoms with E-state index in [-0.39, 0.29) is 11.6 Å². The second kappa shape index (κ2) is 8.56. The van der Waals surface area contributed by atoms with Gasteiger partial charge < -0.3 is 19.9 Å². The quantitative estimate of drug-likeness (QED) is 0.529. The van der Waals surface area contributed by atoms with Crippen molar-refractivity contribution in [3.8, 4) is 0 Å². The first kappa shape index (κ1) is 21.1. The molecule has 3 aromatic rings. The van der Waals surface area contributed by atoms with Gasteiger partial charge in [-0.25, -0.2) is 9.18 Å². The fourth-order valence-corrected chi connectivity index (χ4v) is 4.10. The Bertz CT molecular complexity index is 1150. The first-order valence-corrected chi connectivity index (χ1v) is 10.0. The van der Waals surface area contributed by atoms with Crippen LogP contribution in [0.25, 0.3) is 0 Å². The molecule has 0 aliphatic heterocycles. The summed E-state index contributed by atoms with van der Waals surface area (Å²) < 4.78 is 20.1. The zero-order valence-electron chi connectivity index (χ0n) is 16.2. The summed E-state index contributed by atoms with van der Waals surface area (Å²) in [5.74, 6) is -0.991. The number of amides is 2. The van der Waals surface area contributed by atoms with Gasteiger partial charge in [-0.05, 0) is 36.6 Å². The predicted octanol–water partition coefficient (Wildman–Crippen LogP) is 3.76. The number of aromatic nitrogens is 4. The molecule has 1 atom stereocenters. The standard InChI is InChI=1S/C19H17Cl2FN6O3/c1-28-16(18(29)24-9-2-4-13(22)12(20)6-9)11-3-5-14(15(11)17(28)21)25-19(30)31-8-10-7-23-27-26-10/h2,4,6-7,14H,3,5,8H2,1H3,(H,24,29)(H,25,30)(H,23,26,27)/t14-/m0/s1. The molecule has 0 bridgehead atoms. The van der Waals surface area contributed by atoms with Crippen LogP contribution in [0.1, 0.15) is 39.8 Å². The Kier molecular flexibility index (Phi) is 5.84. The van der Waals surface area contributed by atoms with Crippen molar-refractivity contribution >= 4 is 40.9 Å². The lowest BCUT2D eigenvalue weighted by atomic mass is 10.1. The van der Waals surface area contributed by atoms with E-state index in [9.17, 15) is 14.0 Å². The molecule has 0 spiro atoms. The van der Waals surface area contributed by atoms with Crippen molar-refractivity contribution in [2.75, 3.05) is 5.32 Å². The normalized spacial score (nSPS) is 14.9. The second-order valence-corrected chi connectivity index (χ2v) is 7.71. The fraction of sp³-hybridized carbons (Fsp3) is 0.263. The Morgan fingerprint density at radius 3 is 2.90 bits per heavy atom. The van der Waals surface area contributed by atoms with Gasteiger partial charge in [0, 0.05) is 18.3 Å². The summed E-state index contributed by atoms with van der Waals surface area (Å²) in [6, 6.07) is 3.51. The highest BCUT2D eigenvalue weighted by Crippen LogP contribution is 2.40. The highest BCUT2D eigenvalue weighted by atomic mass is 35.5. The molecule has 1 aromatic carbocycles. The number of carbonyl (C=O) groups excluding carboxylic acids is 2. The Morgan fingerprint density at radius 2 is 2.19 bits per heavy atom. The molecule has 1 aliphatic carbocycles. The molecule has 2 heterocycles. The number of H-pyrrole nitrogens is 1. The van der Waals surface area contributed by atoms with Crippen LogP contribution < -0.4 is 10.6 Å². The molecule has 0 unspecified atom stereocenters. The van der Waals surface area contributed by atoms with Crippen molar-refractivity contribution < 1.29 is 18.7 Å². The van der Waals surface area contributed by atoms with Crippen LogP contribution in [0.4, 0.5) is 14.9 Å². The van der Waals surface area contributed by atoms with Gasteiger partial charge in [-0.3, -0.25) is 4.79 Å². The molecule has 31 heavy (non-hydrogen) atoms. The lowest BCUT2D eigenvalue weighted by molar-refractivity contribution is 0.101. The Labute approximate surface area is 185 Å². The number of anilines is 1. The number of rotatable bonds is 5. The van der Waals surface area contributed by atoms with Crippen LogP contribution in [-0.2, 0) is 24.8 Å². The molecular weight excluding hydrogens is 450 g/mol. The van der Waals surface area contributed by atoms with E-state index in [1.807, 2.05) is 0 Å². The van der Waals surface area contributed by atoms with Crippen molar-refractivity contribution in [2.24, 2.45) is 7.05 Å². The molecular formula is C19H17Cl2FN6O3. The molecule has 12 heteroatoms. The smallest absolute Gasteiger partial charge is 0.408 e. The van der Waals surface area contributed by atoms with Crippen LogP contribution in [0.2, 0.25) is 10.2 Å². The Morgan fingerprint density at radius 1 is 1.39 bits per heavy atom. The van der Waals surface area contributed by atoms with E-state index in [0.29, 0.717) is 40.6 Å². The summed E-state index contributed by atoms with van der Waals surface area (Å²) in [7, 11) is 1.66. The summed E-state index contributed by atoms with van der Waals surface area (Å²) in [6.07, 6.45) is 1.92. The van der Waals surface area contributed by atoms with Gasteiger partial charge in [0.2, 0.25) is 0 Å². The molecule has 3 N–H and O–H groups in total. The molecule has 4 rings (SSSR count). The number of nitrogens with one attached hydrogen (secondary N) is 3. The third-order valence-electron chi connectivity index (χ3n) is 5.00. The fourth-order valence-electron chi connectivity index (χ4n) is 3.59.